The number of anilines is 1. The van der Waals surface area contributed by atoms with Crippen LogP contribution in [-0.4, -0.2) is 15.0 Å². The van der Waals surface area contributed by atoms with Gasteiger partial charge in [-0.1, -0.05) is 6.07 Å². The highest BCUT2D eigenvalue weighted by atomic mass is 32.1. The first-order chi connectivity index (χ1) is 10.1. The first-order valence-corrected chi connectivity index (χ1v) is 7.18. The minimum absolute atomic E-state index is 0.214. The van der Waals surface area contributed by atoms with Crippen molar-refractivity contribution < 1.29 is 8.78 Å². The maximum atomic E-state index is 13.5. The van der Waals surface area contributed by atoms with Crippen molar-refractivity contribution in [3.63, 3.8) is 0 Å². The van der Waals surface area contributed by atoms with Crippen molar-refractivity contribution >= 4 is 27.4 Å². The molecule has 4 nitrogen and oxygen atoms in total. The third-order valence-electron chi connectivity index (χ3n) is 3.00. The quantitative estimate of drug-likeness (QED) is 0.796. The first-order valence-electron chi connectivity index (χ1n) is 6.30. The van der Waals surface area contributed by atoms with Gasteiger partial charge in [-0.15, -0.1) is 11.3 Å². The monoisotopic (exact) mass is 306 g/mol. The van der Waals surface area contributed by atoms with E-state index in [2.05, 4.69) is 20.3 Å². The third-order valence-corrected chi connectivity index (χ3v) is 3.91. The summed E-state index contributed by atoms with van der Waals surface area (Å²) in [7, 11) is 0. The van der Waals surface area contributed by atoms with E-state index >= 15 is 0 Å². The van der Waals surface area contributed by atoms with Crippen molar-refractivity contribution in [2.45, 2.75) is 19.4 Å². The largest absolute Gasteiger partial charge is 0.365 e. The molecule has 3 rings (SSSR count). The molecule has 0 unspecified atom stereocenters. The molecule has 0 fully saturated rings. The SMILES string of the molecule is CC(F)(F)c1ncccc1CNc1ncnc2ccsc12. The van der Waals surface area contributed by atoms with Gasteiger partial charge in [-0.3, -0.25) is 4.98 Å². The zero-order chi connectivity index (χ0) is 14.9. The van der Waals surface area contributed by atoms with E-state index in [1.807, 2.05) is 11.4 Å². The number of pyridine rings is 1. The second-order valence-corrected chi connectivity index (χ2v) is 5.53. The van der Waals surface area contributed by atoms with Crippen LogP contribution in [0.1, 0.15) is 18.2 Å². The van der Waals surface area contributed by atoms with Crippen LogP contribution >= 0.6 is 11.3 Å². The number of hydrogen-bond donors (Lipinski definition) is 1. The van der Waals surface area contributed by atoms with Crippen molar-refractivity contribution in [1.29, 1.82) is 0 Å². The van der Waals surface area contributed by atoms with Crippen LogP contribution in [0.3, 0.4) is 0 Å². The van der Waals surface area contributed by atoms with E-state index in [4.69, 9.17) is 0 Å². The van der Waals surface area contributed by atoms with Crippen LogP contribution in [0.2, 0.25) is 0 Å². The second-order valence-electron chi connectivity index (χ2n) is 4.61. The molecule has 0 spiro atoms. The number of halogens is 2. The van der Waals surface area contributed by atoms with Crippen LogP contribution in [0, 0.1) is 0 Å². The molecule has 0 atom stereocenters. The summed E-state index contributed by atoms with van der Waals surface area (Å²) in [5, 5.41) is 5.01. The molecule has 0 aliphatic carbocycles. The fourth-order valence-corrected chi connectivity index (χ4v) is 2.88. The molecule has 0 aromatic carbocycles. The Kier molecular flexibility index (Phi) is 3.50. The first kappa shape index (κ1) is 13.8. The predicted molar refractivity (Wildman–Crippen MR) is 78.5 cm³/mol. The van der Waals surface area contributed by atoms with Crippen LogP contribution in [0.4, 0.5) is 14.6 Å². The van der Waals surface area contributed by atoms with Crippen molar-refractivity contribution in [2.75, 3.05) is 5.32 Å². The van der Waals surface area contributed by atoms with Gasteiger partial charge in [-0.2, -0.15) is 8.78 Å². The van der Waals surface area contributed by atoms with Crippen molar-refractivity contribution in [3.8, 4) is 0 Å². The third kappa shape index (κ3) is 2.82. The van der Waals surface area contributed by atoms with Gasteiger partial charge in [0.25, 0.3) is 5.92 Å². The molecular weight excluding hydrogens is 294 g/mol. The molecular formula is C14H12F2N4S. The van der Waals surface area contributed by atoms with Gasteiger partial charge in [0.05, 0.1) is 10.2 Å². The Morgan fingerprint density at radius 1 is 1.24 bits per heavy atom. The van der Waals surface area contributed by atoms with Gasteiger partial charge in [0, 0.05) is 19.7 Å². The Labute approximate surface area is 123 Å². The number of fused-ring (bicyclic) bond motifs is 1. The van der Waals surface area contributed by atoms with Gasteiger partial charge in [0.15, 0.2) is 0 Å². The molecule has 0 amide bonds. The highest BCUT2D eigenvalue weighted by Gasteiger charge is 2.28. The van der Waals surface area contributed by atoms with Gasteiger partial charge < -0.3 is 5.32 Å². The highest BCUT2D eigenvalue weighted by Crippen LogP contribution is 2.29. The number of thiophene rings is 1. The molecule has 0 aliphatic rings. The fourth-order valence-electron chi connectivity index (χ4n) is 2.07. The smallest absolute Gasteiger partial charge is 0.287 e. The van der Waals surface area contributed by atoms with E-state index in [0.717, 1.165) is 17.1 Å². The maximum absolute atomic E-state index is 13.5. The van der Waals surface area contributed by atoms with Crippen LogP contribution in [0.5, 0.6) is 0 Å². The lowest BCUT2D eigenvalue weighted by atomic mass is 10.1. The molecule has 108 valence electrons. The number of rotatable bonds is 4. The summed E-state index contributed by atoms with van der Waals surface area (Å²) in [4.78, 5) is 12.1. The van der Waals surface area contributed by atoms with Crippen LogP contribution < -0.4 is 5.32 Å². The minimum Gasteiger partial charge on any atom is -0.365 e. The molecule has 1 N–H and O–H groups in total. The summed E-state index contributed by atoms with van der Waals surface area (Å²) < 4.78 is 28.0. The zero-order valence-corrected chi connectivity index (χ0v) is 12.0. The van der Waals surface area contributed by atoms with Crippen molar-refractivity contribution in [3.05, 3.63) is 47.4 Å². The second kappa shape index (κ2) is 5.33. The lowest BCUT2D eigenvalue weighted by Crippen LogP contribution is -2.15. The van der Waals surface area contributed by atoms with Gasteiger partial charge in [0.1, 0.15) is 17.8 Å². The molecule has 0 saturated carbocycles. The molecule has 7 heteroatoms. The summed E-state index contributed by atoms with van der Waals surface area (Å²) >= 11 is 1.51. The number of aromatic nitrogens is 3. The van der Waals surface area contributed by atoms with Gasteiger partial charge in [0.2, 0.25) is 0 Å². The lowest BCUT2D eigenvalue weighted by Gasteiger charge is -2.15. The van der Waals surface area contributed by atoms with Crippen LogP contribution in [0.15, 0.2) is 36.1 Å². The number of nitrogens with zero attached hydrogens (tertiary/aromatic N) is 3. The van der Waals surface area contributed by atoms with E-state index < -0.39 is 5.92 Å². The summed E-state index contributed by atoms with van der Waals surface area (Å²) in [6, 6.07) is 5.18. The molecule has 0 bridgehead atoms. The number of alkyl halides is 2. The molecule has 0 radical (unpaired) electrons. The van der Waals surface area contributed by atoms with Gasteiger partial charge >= 0.3 is 0 Å². The van der Waals surface area contributed by atoms with Gasteiger partial charge in [-0.05, 0) is 23.1 Å². The van der Waals surface area contributed by atoms with Crippen LogP contribution in [0.25, 0.3) is 10.2 Å². The highest BCUT2D eigenvalue weighted by molar-refractivity contribution is 7.17. The van der Waals surface area contributed by atoms with Crippen molar-refractivity contribution in [2.24, 2.45) is 0 Å². The molecule has 3 heterocycles. The van der Waals surface area contributed by atoms with Crippen molar-refractivity contribution in [1.82, 2.24) is 15.0 Å². The summed E-state index contributed by atoms with van der Waals surface area (Å²) in [6.45, 7) is 1.08. The normalized spacial score (nSPS) is 11.8. The van der Waals surface area contributed by atoms with Gasteiger partial charge in [-0.25, -0.2) is 9.97 Å². The molecule has 0 aliphatic heterocycles. The van der Waals surface area contributed by atoms with Crippen LogP contribution in [-0.2, 0) is 12.5 Å². The van der Waals surface area contributed by atoms with E-state index in [1.54, 1.807) is 12.1 Å². The Morgan fingerprint density at radius 3 is 2.90 bits per heavy atom. The average molecular weight is 306 g/mol. The Morgan fingerprint density at radius 2 is 2.10 bits per heavy atom. The maximum Gasteiger partial charge on any atom is 0.287 e. The zero-order valence-electron chi connectivity index (χ0n) is 11.2. The fraction of sp³-hybridized carbons (Fsp3) is 0.214. The molecule has 3 aromatic heterocycles. The molecule has 21 heavy (non-hydrogen) atoms. The van der Waals surface area contributed by atoms with E-state index in [-0.39, 0.29) is 12.2 Å². The van der Waals surface area contributed by atoms with E-state index in [0.29, 0.717) is 11.4 Å². The summed E-state index contributed by atoms with van der Waals surface area (Å²) in [6.07, 6.45) is 2.83. The van der Waals surface area contributed by atoms with E-state index in [1.165, 1.54) is 23.9 Å². The standard InChI is InChI=1S/C14H12F2N4S/c1-14(15,16)12-9(3-2-5-17-12)7-18-13-11-10(4-6-21-11)19-8-20-13/h2-6,8H,7H2,1H3,(H,18,19,20). The number of hydrogen-bond acceptors (Lipinski definition) is 5. The Balaban J connectivity index is 1.87. The summed E-state index contributed by atoms with van der Waals surface area (Å²) in [5.41, 5.74) is 1.08. The minimum atomic E-state index is -2.97. The summed E-state index contributed by atoms with van der Waals surface area (Å²) in [5.74, 6) is -2.33. The predicted octanol–water partition coefficient (Wildman–Crippen LogP) is 3.81. The Hall–Kier alpha value is -2.15. The van der Waals surface area contributed by atoms with E-state index in [9.17, 15) is 8.78 Å². The molecule has 3 aromatic rings. The Bertz CT molecular complexity index is 767. The number of nitrogens with one attached hydrogen (secondary N) is 1. The molecule has 0 saturated heterocycles. The topological polar surface area (TPSA) is 50.7 Å². The average Bonchev–Trinajstić information content (AvgIpc) is 2.93. The lowest BCUT2D eigenvalue weighted by molar-refractivity contribution is 0.0118.